The van der Waals surface area contributed by atoms with Gasteiger partial charge in [-0.25, -0.2) is 13.6 Å². The first kappa shape index (κ1) is 18.2. The van der Waals surface area contributed by atoms with Gasteiger partial charge in [0.25, 0.3) is 6.43 Å². The van der Waals surface area contributed by atoms with Gasteiger partial charge in [-0.2, -0.15) is 5.10 Å². The summed E-state index contributed by atoms with van der Waals surface area (Å²) in [6.45, 7) is 2.55. The summed E-state index contributed by atoms with van der Waals surface area (Å²) in [5.41, 5.74) is 0.318. The maximum atomic E-state index is 12.7. The van der Waals surface area contributed by atoms with Crippen molar-refractivity contribution in [2.45, 2.75) is 50.5 Å². The minimum Gasteiger partial charge on any atom is -0.347 e. The molecule has 148 valence electrons. The van der Waals surface area contributed by atoms with E-state index in [1.54, 1.807) is 0 Å². The number of aromatic amines is 1. The zero-order valence-corrected chi connectivity index (χ0v) is 15.2. The lowest BCUT2D eigenvalue weighted by Crippen LogP contribution is -2.73. The summed E-state index contributed by atoms with van der Waals surface area (Å²) < 4.78 is 25.2. The number of urea groups is 1. The highest BCUT2D eigenvalue weighted by molar-refractivity contribution is 5.80. The van der Waals surface area contributed by atoms with E-state index in [1.807, 2.05) is 9.80 Å². The molecule has 0 saturated carbocycles. The van der Waals surface area contributed by atoms with Crippen LogP contribution in [0.3, 0.4) is 0 Å². The molecule has 2 N–H and O–H groups in total. The third-order valence-electron chi connectivity index (χ3n) is 5.99. The Labute approximate surface area is 156 Å². The van der Waals surface area contributed by atoms with E-state index in [4.69, 9.17) is 0 Å². The predicted molar refractivity (Wildman–Crippen MR) is 93.2 cm³/mol. The normalized spacial score (nSPS) is 22.9. The van der Waals surface area contributed by atoms with Crippen LogP contribution in [0.2, 0.25) is 0 Å². The van der Waals surface area contributed by atoms with Crippen molar-refractivity contribution in [3.05, 3.63) is 17.5 Å². The van der Waals surface area contributed by atoms with Crippen LogP contribution in [-0.2, 0) is 11.2 Å². The third-order valence-corrected chi connectivity index (χ3v) is 5.99. The molecular formula is C18H25F2N5O2. The Morgan fingerprint density at radius 2 is 2.04 bits per heavy atom. The summed E-state index contributed by atoms with van der Waals surface area (Å²) in [7, 11) is 0. The number of carbonyl (C=O) groups is 2. The number of halogens is 2. The molecule has 3 amide bonds. The first-order chi connectivity index (χ1) is 12.9. The van der Waals surface area contributed by atoms with Crippen molar-refractivity contribution in [2.75, 3.05) is 26.2 Å². The van der Waals surface area contributed by atoms with Gasteiger partial charge in [0.1, 0.15) is 5.69 Å². The van der Waals surface area contributed by atoms with Gasteiger partial charge in [-0.1, -0.05) is 0 Å². The van der Waals surface area contributed by atoms with Crippen molar-refractivity contribution in [2.24, 2.45) is 5.92 Å². The molecule has 4 rings (SSSR count). The highest BCUT2D eigenvalue weighted by atomic mass is 19.3. The summed E-state index contributed by atoms with van der Waals surface area (Å²) in [5.74, 6) is 0.448. The Bertz CT molecular complexity index is 708. The lowest BCUT2D eigenvalue weighted by Gasteiger charge is -2.53. The van der Waals surface area contributed by atoms with Crippen molar-refractivity contribution in [3.8, 4) is 0 Å². The van der Waals surface area contributed by atoms with Crippen LogP contribution in [0, 0.1) is 5.92 Å². The van der Waals surface area contributed by atoms with Crippen molar-refractivity contribution in [1.82, 2.24) is 25.3 Å². The van der Waals surface area contributed by atoms with Gasteiger partial charge >= 0.3 is 6.03 Å². The molecule has 9 heteroatoms. The first-order valence-electron chi connectivity index (χ1n) is 9.61. The minimum atomic E-state index is -2.55. The summed E-state index contributed by atoms with van der Waals surface area (Å²) in [4.78, 5) is 28.0. The summed E-state index contributed by atoms with van der Waals surface area (Å²) in [6.07, 6.45) is 2.24. The fourth-order valence-electron chi connectivity index (χ4n) is 4.50. The van der Waals surface area contributed by atoms with Gasteiger partial charge in [-0.15, -0.1) is 0 Å². The Morgan fingerprint density at radius 3 is 2.67 bits per heavy atom. The molecule has 3 fully saturated rings. The maximum absolute atomic E-state index is 12.7. The van der Waals surface area contributed by atoms with E-state index in [0.29, 0.717) is 44.9 Å². The van der Waals surface area contributed by atoms with Crippen molar-refractivity contribution in [1.29, 1.82) is 0 Å². The molecule has 0 atom stereocenters. The second-order valence-electron chi connectivity index (χ2n) is 8.07. The molecule has 0 bridgehead atoms. The zero-order chi connectivity index (χ0) is 19.0. The van der Waals surface area contributed by atoms with Gasteiger partial charge < -0.3 is 15.1 Å². The number of hydrogen-bond donors (Lipinski definition) is 2. The molecule has 0 unspecified atom stereocenters. The molecule has 0 aromatic carbocycles. The molecule has 1 aromatic heterocycles. The summed E-state index contributed by atoms with van der Waals surface area (Å²) in [5, 5.41) is 9.37. The Morgan fingerprint density at radius 1 is 1.30 bits per heavy atom. The number of piperidine rings is 2. The molecule has 0 radical (unpaired) electrons. The standard InChI is InChI=1S/C18H25F2N5O2/c19-16(20)14-9-13(22-23-14)8-12-3-6-24(7-4-12)17(27)25-10-18(11-25)5-1-2-15(26)21-18/h9,12,16H,1-8,10-11H2,(H,21,26)(H,22,23). The topological polar surface area (TPSA) is 81.3 Å². The SMILES string of the molecule is O=C1CCCC2(CN(C(=O)N3CCC(Cc4cc(C(F)F)n[nH]4)CC3)C2)N1. The van der Waals surface area contributed by atoms with Gasteiger partial charge in [0, 0.05) is 38.3 Å². The van der Waals surface area contributed by atoms with E-state index in [-0.39, 0.29) is 23.2 Å². The fraction of sp³-hybridized carbons (Fsp3) is 0.722. The summed E-state index contributed by atoms with van der Waals surface area (Å²) in [6, 6.07) is 1.47. The molecular weight excluding hydrogens is 356 g/mol. The minimum absolute atomic E-state index is 0.0421. The maximum Gasteiger partial charge on any atom is 0.320 e. The number of alkyl halides is 2. The largest absolute Gasteiger partial charge is 0.347 e. The molecule has 0 aliphatic carbocycles. The van der Waals surface area contributed by atoms with Gasteiger partial charge in [-0.05, 0) is 44.1 Å². The van der Waals surface area contributed by atoms with E-state index in [2.05, 4.69) is 15.5 Å². The molecule has 4 heterocycles. The molecule has 7 nitrogen and oxygen atoms in total. The smallest absolute Gasteiger partial charge is 0.320 e. The van der Waals surface area contributed by atoms with Crippen LogP contribution in [-0.4, -0.2) is 63.7 Å². The second kappa shape index (κ2) is 7.09. The number of H-pyrrole nitrogens is 1. The highest BCUT2D eigenvalue weighted by Crippen LogP contribution is 2.31. The van der Waals surface area contributed by atoms with Gasteiger partial charge in [0.05, 0.1) is 5.54 Å². The molecule has 1 spiro atoms. The summed E-state index contributed by atoms with van der Waals surface area (Å²) >= 11 is 0. The number of amides is 3. The lowest BCUT2D eigenvalue weighted by atomic mass is 9.81. The fourth-order valence-corrected chi connectivity index (χ4v) is 4.50. The quantitative estimate of drug-likeness (QED) is 0.841. The average molecular weight is 381 g/mol. The highest BCUT2D eigenvalue weighted by Gasteiger charge is 2.48. The van der Waals surface area contributed by atoms with E-state index >= 15 is 0 Å². The van der Waals surface area contributed by atoms with Crippen LogP contribution in [0.1, 0.15) is 49.9 Å². The van der Waals surface area contributed by atoms with Crippen LogP contribution < -0.4 is 5.32 Å². The Kier molecular flexibility index (Phi) is 4.77. The van der Waals surface area contributed by atoms with Crippen LogP contribution in [0.15, 0.2) is 6.07 Å². The number of hydrogen-bond acceptors (Lipinski definition) is 3. The van der Waals surface area contributed by atoms with Crippen molar-refractivity contribution < 1.29 is 18.4 Å². The van der Waals surface area contributed by atoms with Crippen molar-refractivity contribution in [3.63, 3.8) is 0 Å². The van der Waals surface area contributed by atoms with Crippen LogP contribution >= 0.6 is 0 Å². The predicted octanol–water partition coefficient (Wildman–Crippen LogP) is 2.08. The lowest BCUT2D eigenvalue weighted by molar-refractivity contribution is -0.128. The van der Waals surface area contributed by atoms with Crippen LogP contribution in [0.25, 0.3) is 0 Å². The van der Waals surface area contributed by atoms with Gasteiger partial charge in [0.15, 0.2) is 0 Å². The molecule has 3 saturated heterocycles. The third kappa shape index (κ3) is 3.77. The number of rotatable bonds is 3. The number of carbonyl (C=O) groups excluding carboxylic acids is 2. The number of nitrogens with zero attached hydrogens (tertiary/aromatic N) is 3. The van der Waals surface area contributed by atoms with E-state index in [1.165, 1.54) is 6.07 Å². The Hall–Kier alpha value is -2.19. The zero-order valence-electron chi connectivity index (χ0n) is 15.2. The number of likely N-dealkylation sites (tertiary alicyclic amines) is 2. The van der Waals surface area contributed by atoms with Gasteiger partial charge in [0.2, 0.25) is 5.91 Å². The van der Waals surface area contributed by atoms with Crippen LogP contribution in [0.5, 0.6) is 0 Å². The molecule has 3 aliphatic heterocycles. The van der Waals surface area contributed by atoms with Gasteiger partial charge in [-0.3, -0.25) is 9.89 Å². The second-order valence-corrected chi connectivity index (χ2v) is 8.07. The monoisotopic (exact) mass is 381 g/mol. The molecule has 3 aliphatic rings. The molecule has 27 heavy (non-hydrogen) atoms. The van der Waals surface area contributed by atoms with E-state index in [9.17, 15) is 18.4 Å². The molecule has 1 aromatic rings. The average Bonchev–Trinajstić information content (AvgIpc) is 3.08. The van der Waals surface area contributed by atoms with Crippen molar-refractivity contribution >= 4 is 11.9 Å². The van der Waals surface area contributed by atoms with E-state index < -0.39 is 6.43 Å². The number of nitrogens with one attached hydrogen (secondary N) is 2. The van der Waals surface area contributed by atoms with Crippen LogP contribution in [0.4, 0.5) is 13.6 Å². The first-order valence-corrected chi connectivity index (χ1v) is 9.61. The van der Waals surface area contributed by atoms with E-state index in [0.717, 1.165) is 31.4 Å². The number of aromatic nitrogens is 2. The Balaban J connectivity index is 1.23.